The highest BCUT2D eigenvalue weighted by Gasteiger charge is 2.21. The number of methoxy groups -OCH3 is 1. The number of aliphatic hydroxyl groups is 1. The zero-order chi connectivity index (χ0) is 14.5. The van der Waals surface area contributed by atoms with Crippen molar-refractivity contribution < 1.29 is 19.7 Å². The second-order valence-corrected chi connectivity index (χ2v) is 4.92. The Morgan fingerprint density at radius 3 is 2.95 bits per heavy atom. The second-order valence-electron chi connectivity index (χ2n) is 4.92. The van der Waals surface area contributed by atoms with E-state index >= 15 is 0 Å². The van der Waals surface area contributed by atoms with E-state index in [9.17, 15) is 9.90 Å². The summed E-state index contributed by atoms with van der Waals surface area (Å²) in [5.41, 5.74) is 1.82. The van der Waals surface area contributed by atoms with Crippen LogP contribution in [-0.2, 0) is 11.3 Å². The maximum atomic E-state index is 10.5. The molecule has 5 heteroatoms. The van der Waals surface area contributed by atoms with Crippen molar-refractivity contribution in [2.45, 2.75) is 19.1 Å². The van der Waals surface area contributed by atoms with Crippen molar-refractivity contribution in [3.63, 3.8) is 0 Å². The molecule has 1 aromatic carbocycles. The van der Waals surface area contributed by atoms with Crippen molar-refractivity contribution in [2.75, 3.05) is 20.2 Å². The number of carbonyl (C=O) groups is 1. The maximum absolute atomic E-state index is 10.5. The summed E-state index contributed by atoms with van der Waals surface area (Å²) in [5.74, 6) is -0.191. The van der Waals surface area contributed by atoms with Crippen LogP contribution >= 0.6 is 0 Å². The first-order valence-corrected chi connectivity index (χ1v) is 6.57. The lowest BCUT2D eigenvalue weighted by Crippen LogP contribution is -2.21. The molecule has 1 aliphatic rings. The third-order valence-corrected chi connectivity index (χ3v) is 3.36. The Bertz CT molecular complexity index is 513. The van der Waals surface area contributed by atoms with Gasteiger partial charge in [-0.3, -0.25) is 4.90 Å². The molecule has 0 spiro atoms. The van der Waals surface area contributed by atoms with Gasteiger partial charge in [-0.1, -0.05) is 6.07 Å². The third kappa shape index (κ3) is 3.82. The molecule has 0 amide bonds. The minimum atomic E-state index is -0.968. The van der Waals surface area contributed by atoms with Gasteiger partial charge in [0.2, 0.25) is 0 Å². The third-order valence-electron chi connectivity index (χ3n) is 3.36. The van der Waals surface area contributed by atoms with E-state index in [-0.39, 0.29) is 6.10 Å². The van der Waals surface area contributed by atoms with Gasteiger partial charge in [0, 0.05) is 31.3 Å². The molecular weight excluding hydrogens is 258 g/mol. The van der Waals surface area contributed by atoms with E-state index in [4.69, 9.17) is 9.84 Å². The normalized spacial score (nSPS) is 19.6. The molecule has 20 heavy (non-hydrogen) atoms. The average Bonchev–Trinajstić information content (AvgIpc) is 2.82. The van der Waals surface area contributed by atoms with Gasteiger partial charge < -0.3 is 14.9 Å². The van der Waals surface area contributed by atoms with E-state index in [1.165, 1.54) is 0 Å². The van der Waals surface area contributed by atoms with Crippen LogP contribution in [-0.4, -0.2) is 47.4 Å². The highest BCUT2D eigenvalue weighted by atomic mass is 16.5. The van der Waals surface area contributed by atoms with Crippen LogP contribution in [0.15, 0.2) is 24.3 Å². The van der Waals surface area contributed by atoms with Crippen LogP contribution in [0.25, 0.3) is 6.08 Å². The van der Waals surface area contributed by atoms with Gasteiger partial charge in [0.25, 0.3) is 0 Å². The number of hydrogen-bond donors (Lipinski definition) is 2. The number of carboxylic acids is 1. The fourth-order valence-electron chi connectivity index (χ4n) is 2.39. The van der Waals surface area contributed by atoms with Gasteiger partial charge >= 0.3 is 5.97 Å². The van der Waals surface area contributed by atoms with Gasteiger partial charge in [-0.05, 0) is 30.2 Å². The number of β-amino-alcohol motifs (C(OH)–C–C–N with tert-alkyl or cyclic N) is 1. The summed E-state index contributed by atoms with van der Waals surface area (Å²) >= 11 is 0. The summed E-state index contributed by atoms with van der Waals surface area (Å²) in [5, 5.41) is 18.2. The minimum absolute atomic E-state index is 0.254. The second kappa shape index (κ2) is 6.54. The lowest BCUT2D eigenvalue weighted by Gasteiger charge is -2.17. The summed E-state index contributed by atoms with van der Waals surface area (Å²) in [7, 11) is 1.62. The molecule has 1 unspecified atom stereocenters. The summed E-state index contributed by atoms with van der Waals surface area (Å²) in [6.07, 6.45) is 3.21. The molecule has 1 fully saturated rings. The summed E-state index contributed by atoms with van der Waals surface area (Å²) in [6, 6.07) is 5.58. The van der Waals surface area contributed by atoms with Crippen molar-refractivity contribution in [1.82, 2.24) is 4.90 Å². The predicted octanol–water partition coefficient (Wildman–Crippen LogP) is 1.36. The Morgan fingerprint density at radius 2 is 2.35 bits per heavy atom. The molecule has 5 nitrogen and oxygen atoms in total. The number of rotatable bonds is 5. The molecule has 0 radical (unpaired) electrons. The molecule has 0 aliphatic carbocycles. The van der Waals surface area contributed by atoms with E-state index in [0.29, 0.717) is 13.1 Å². The number of benzene rings is 1. The first kappa shape index (κ1) is 14.6. The van der Waals surface area contributed by atoms with Crippen LogP contribution in [0, 0.1) is 0 Å². The fourth-order valence-corrected chi connectivity index (χ4v) is 2.39. The Hall–Kier alpha value is -1.85. The standard InChI is InChI=1S/C15H19NO4/c1-20-14-4-2-11(3-5-15(18)19)8-12(14)9-16-7-6-13(17)10-16/h2-5,8,13,17H,6-7,9-10H2,1H3,(H,18,19). The molecule has 0 saturated carbocycles. The molecule has 1 heterocycles. The highest BCUT2D eigenvalue weighted by Crippen LogP contribution is 2.24. The number of likely N-dealkylation sites (tertiary alicyclic amines) is 1. The SMILES string of the molecule is COc1ccc(C=CC(=O)O)cc1CN1CCC(O)C1. The number of aliphatic hydroxyl groups excluding tert-OH is 1. The van der Waals surface area contributed by atoms with Crippen LogP contribution < -0.4 is 4.74 Å². The average molecular weight is 277 g/mol. The van der Waals surface area contributed by atoms with Crippen molar-refractivity contribution in [3.05, 3.63) is 35.4 Å². The van der Waals surface area contributed by atoms with E-state index < -0.39 is 5.97 Å². The lowest BCUT2D eigenvalue weighted by molar-refractivity contribution is -0.131. The molecule has 108 valence electrons. The Balaban J connectivity index is 2.16. The quantitative estimate of drug-likeness (QED) is 0.795. The maximum Gasteiger partial charge on any atom is 0.328 e. The van der Waals surface area contributed by atoms with Crippen molar-refractivity contribution in [3.8, 4) is 5.75 Å². The largest absolute Gasteiger partial charge is 0.496 e. The topological polar surface area (TPSA) is 70.0 Å². The zero-order valence-corrected chi connectivity index (χ0v) is 11.5. The number of aliphatic carboxylic acids is 1. The van der Waals surface area contributed by atoms with Crippen molar-refractivity contribution >= 4 is 12.0 Å². The Labute approximate surface area is 118 Å². The van der Waals surface area contributed by atoms with E-state index in [1.807, 2.05) is 18.2 Å². The number of hydrogen-bond acceptors (Lipinski definition) is 4. The van der Waals surface area contributed by atoms with Gasteiger partial charge in [0.05, 0.1) is 13.2 Å². The number of nitrogens with zero attached hydrogens (tertiary/aromatic N) is 1. The molecule has 2 rings (SSSR count). The number of carboxylic acid groups (broad SMARTS) is 1. The van der Waals surface area contributed by atoms with E-state index in [1.54, 1.807) is 13.2 Å². The van der Waals surface area contributed by atoms with Crippen molar-refractivity contribution in [1.29, 1.82) is 0 Å². The van der Waals surface area contributed by atoms with Crippen LogP contribution in [0.2, 0.25) is 0 Å². The monoisotopic (exact) mass is 277 g/mol. The Morgan fingerprint density at radius 1 is 1.55 bits per heavy atom. The van der Waals surface area contributed by atoms with Crippen LogP contribution in [0.4, 0.5) is 0 Å². The molecule has 1 saturated heterocycles. The van der Waals surface area contributed by atoms with Gasteiger partial charge in [0.15, 0.2) is 0 Å². The lowest BCUT2D eigenvalue weighted by atomic mass is 10.1. The molecule has 1 aromatic rings. The zero-order valence-electron chi connectivity index (χ0n) is 11.5. The molecule has 0 bridgehead atoms. The van der Waals surface area contributed by atoms with Crippen LogP contribution in [0.1, 0.15) is 17.5 Å². The number of ether oxygens (including phenoxy) is 1. The molecule has 2 N–H and O–H groups in total. The summed E-state index contributed by atoms with van der Waals surface area (Å²) in [6.45, 7) is 2.22. The van der Waals surface area contributed by atoms with Crippen LogP contribution in [0.3, 0.4) is 0 Å². The van der Waals surface area contributed by atoms with Crippen molar-refractivity contribution in [2.24, 2.45) is 0 Å². The fraction of sp³-hybridized carbons (Fsp3) is 0.400. The summed E-state index contributed by atoms with van der Waals surface area (Å²) in [4.78, 5) is 12.7. The molecule has 1 atom stereocenters. The van der Waals surface area contributed by atoms with Crippen LogP contribution in [0.5, 0.6) is 5.75 Å². The highest BCUT2D eigenvalue weighted by molar-refractivity contribution is 5.85. The van der Waals surface area contributed by atoms with Gasteiger partial charge in [-0.15, -0.1) is 0 Å². The summed E-state index contributed by atoms with van der Waals surface area (Å²) < 4.78 is 5.33. The molecular formula is C15H19NO4. The molecule has 0 aromatic heterocycles. The molecule has 1 aliphatic heterocycles. The minimum Gasteiger partial charge on any atom is -0.496 e. The smallest absolute Gasteiger partial charge is 0.328 e. The van der Waals surface area contributed by atoms with Gasteiger partial charge in [-0.25, -0.2) is 4.79 Å². The Kier molecular flexibility index (Phi) is 4.76. The predicted molar refractivity (Wildman–Crippen MR) is 75.6 cm³/mol. The van der Waals surface area contributed by atoms with Gasteiger partial charge in [0.1, 0.15) is 5.75 Å². The first-order chi connectivity index (χ1) is 9.58. The van der Waals surface area contributed by atoms with E-state index in [2.05, 4.69) is 4.90 Å². The van der Waals surface area contributed by atoms with Gasteiger partial charge in [-0.2, -0.15) is 0 Å². The first-order valence-electron chi connectivity index (χ1n) is 6.57. The van der Waals surface area contributed by atoms with E-state index in [0.717, 1.165) is 35.9 Å².